The van der Waals surface area contributed by atoms with Gasteiger partial charge in [-0.3, -0.25) is 4.79 Å². The Morgan fingerprint density at radius 1 is 0.854 bits per heavy atom. The Labute approximate surface area is 236 Å². The molecule has 0 fully saturated rings. The van der Waals surface area contributed by atoms with Gasteiger partial charge in [-0.05, 0) is 60.5 Å². The number of carbonyl (C=O) groups is 3. The average molecular weight is 572 g/mol. The number of nitrogens with one attached hydrogen (secondary N) is 1. The van der Waals surface area contributed by atoms with Crippen molar-refractivity contribution in [3.63, 3.8) is 0 Å². The van der Waals surface area contributed by atoms with Crippen molar-refractivity contribution in [2.75, 3.05) is 6.61 Å². The zero-order chi connectivity index (χ0) is 29.8. The number of rotatable bonds is 14. The minimum atomic E-state index is -4.77. The minimum Gasteiger partial charge on any atom is -0.494 e. The molecular weight excluding hydrogens is 539 g/mol. The second-order valence-corrected chi connectivity index (χ2v) is 9.43. The van der Waals surface area contributed by atoms with Gasteiger partial charge in [0, 0.05) is 6.42 Å². The Balaban J connectivity index is 1.55. The summed E-state index contributed by atoms with van der Waals surface area (Å²) in [5.41, 5.74) is -1.06. The van der Waals surface area contributed by atoms with Crippen LogP contribution in [0.4, 0.5) is 13.2 Å². The van der Waals surface area contributed by atoms with Crippen LogP contribution in [-0.2, 0) is 17.4 Å². The first-order chi connectivity index (χ1) is 19.6. The van der Waals surface area contributed by atoms with Gasteiger partial charge in [0.05, 0.1) is 23.3 Å². The molecule has 0 aliphatic carbocycles. The lowest BCUT2D eigenvalue weighted by molar-refractivity contribution is -0.139. The van der Waals surface area contributed by atoms with Crippen LogP contribution >= 0.6 is 0 Å². The van der Waals surface area contributed by atoms with Gasteiger partial charge in [0.2, 0.25) is 0 Å². The first kappa shape index (κ1) is 31.2. The number of amides is 1. The summed E-state index contributed by atoms with van der Waals surface area (Å²) in [6.45, 7) is 2.77. The molecule has 7 nitrogen and oxygen atoms in total. The van der Waals surface area contributed by atoms with Crippen molar-refractivity contribution in [2.24, 2.45) is 0 Å². The molecule has 3 aromatic rings. The van der Waals surface area contributed by atoms with Crippen molar-refractivity contribution in [3.8, 4) is 11.5 Å². The summed E-state index contributed by atoms with van der Waals surface area (Å²) in [7, 11) is 0. The molecule has 0 saturated heterocycles. The zero-order valence-electron chi connectivity index (χ0n) is 22.6. The van der Waals surface area contributed by atoms with Crippen LogP contribution < -0.4 is 14.8 Å². The van der Waals surface area contributed by atoms with E-state index in [0.717, 1.165) is 31.0 Å². The van der Waals surface area contributed by atoms with Crippen LogP contribution in [0.25, 0.3) is 0 Å². The normalized spacial score (nSPS) is 11.9. The topological polar surface area (TPSA) is 102 Å². The molecule has 10 heteroatoms. The average Bonchev–Trinajstić information content (AvgIpc) is 2.95. The van der Waals surface area contributed by atoms with Crippen LogP contribution in [0.2, 0.25) is 0 Å². The van der Waals surface area contributed by atoms with Gasteiger partial charge in [-0.1, -0.05) is 56.9 Å². The standard InChI is InChI=1S/C31H32F3NO6/c1-2-3-4-5-8-19-40-23-17-13-22(14-18-23)30(39)41-24-15-11-21(12-16-24)20-27(29(37)38)35-28(36)25-9-6-7-10-26(25)31(32,33)34/h6-7,9-18,27H,2-5,8,19-20H2,1H3,(H,35,36)(H,37,38)/t27-/m0/s1. The Bertz CT molecular complexity index is 1310. The Morgan fingerprint density at radius 2 is 1.49 bits per heavy atom. The lowest BCUT2D eigenvalue weighted by Crippen LogP contribution is -2.42. The monoisotopic (exact) mass is 571 g/mol. The van der Waals surface area contributed by atoms with Crippen molar-refractivity contribution >= 4 is 17.8 Å². The number of unbranched alkanes of at least 4 members (excludes halogenated alkanes) is 4. The third kappa shape index (κ3) is 9.66. The lowest BCUT2D eigenvalue weighted by Gasteiger charge is -2.17. The molecule has 1 amide bonds. The number of ether oxygens (including phenoxy) is 2. The van der Waals surface area contributed by atoms with E-state index in [1.165, 1.54) is 49.6 Å². The molecule has 218 valence electrons. The van der Waals surface area contributed by atoms with E-state index in [9.17, 15) is 32.7 Å². The zero-order valence-corrected chi connectivity index (χ0v) is 22.6. The molecular formula is C31H32F3NO6. The lowest BCUT2D eigenvalue weighted by atomic mass is 10.0. The second kappa shape index (κ2) is 14.9. The number of alkyl halides is 3. The number of halogens is 3. The van der Waals surface area contributed by atoms with Gasteiger partial charge in [0.15, 0.2) is 0 Å². The van der Waals surface area contributed by atoms with E-state index in [0.29, 0.717) is 23.5 Å². The van der Waals surface area contributed by atoms with E-state index in [1.807, 2.05) is 0 Å². The second-order valence-electron chi connectivity index (χ2n) is 9.43. The van der Waals surface area contributed by atoms with Crippen LogP contribution in [0.1, 0.15) is 70.9 Å². The Morgan fingerprint density at radius 3 is 2.12 bits per heavy atom. The summed E-state index contributed by atoms with van der Waals surface area (Å²) in [4.78, 5) is 36.8. The summed E-state index contributed by atoms with van der Waals surface area (Å²) < 4.78 is 50.8. The Kier molecular flexibility index (Phi) is 11.3. The quantitative estimate of drug-likeness (QED) is 0.127. The third-order valence-electron chi connectivity index (χ3n) is 6.26. The van der Waals surface area contributed by atoms with Gasteiger partial charge in [-0.2, -0.15) is 13.2 Å². The van der Waals surface area contributed by atoms with Gasteiger partial charge in [0.1, 0.15) is 17.5 Å². The highest BCUT2D eigenvalue weighted by molar-refractivity contribution is 5.98. The largest absolute Gasteiger partial charge is 0.494 e. The highest BCUT2D eigenvalue weighted by Crippen LogP contribution is 2.32. The number of hydrogen-bond donors (Lipinski definition) is 2. The molecule has 0 aromatic heterocycles. The molecule has 0 radical (unpaired) electrons. The van der Waals surface area contributed by atoms with E-state index in [4.69, 9.17) is 9.47 Å². The van der Waals surface area contributed by atoms with Crippen LogP contribution in [0.3, 0.4) is 0 Å². The fourth-order valence-corrected chi connectivity index (χ4v) is 4.04. The smallest absolute Gasteiger partial charge is 0.417 e. The maximum absolute atomic E-state index is 13.3. The fraction of sp³-hybridized carbons (Fsp3) is 0.323. The molecule has 0 saturated carbocycles. The predicted octanol–water partition coefficient (Wildman–Crippen LogP) is 6.70. The van der Waals surface area contributed by atoms with Crippen molar-refractivity contribution in [1.82, 2.24) is 5.32 Å². The van der Waals surface area contributed by atoms with Gasteiger partial charge < -0.3 is 19.9 Å². The molecule has 2 N–H and O–H groups in total. The van der Waals surface area contributed by atoms with Crippen molar-refractivity contribution in [3.05, 3.63) is 95.1 Å². The number of esters is 1. The number of carbonyl (C=O) groups excluding carboxylic acids is 2. The van der Waals surface area contributed by atoms with E-state index < -0.39 is 41.2 Å². The SMILES string of the molecule is CCCCCCCOc1ccc(C(=O)Oc2ccc(C[C@H](NC(=O)c3ccccc3C(F)(F)F)C(=O)O)cc2)cc1. The Hall–Kier alpha value is -4.34. The predicted molar refractivity (Wildman–Crippen MR) is 146 cm³/mol. The van der Waals surface area contributed by atoms with E-state index >= 15 is 0 Å². The van der Waals surface area contributed by atoms with Crippen LogP contribution in [-0.4, -0.2) is 35.6 Å². The van der Waals surface area contributed by atoms with Crippen LogP contribution in [0.15, 0.2) is 72.8 Å². The maximum Gasteiger partial charge on any atom is 0.417 e. The van der Waals surface area contributed by atoms with E-state index in [2.05, 4.69) is 12.2 Å². The number of benzene rings is 3. The highest BCUT2D eigenvalue weighted by Gasteiger charge is 2.35. The molecule has 0 heterocycles. The molecule has 0 spiro atoms. The van der Waals surface area contributed by atoms with Crippen molar-refractivity contribution in [1.29, 1.82) is 0 Å². The van der Waals surface area contributed by atoms with Gasteiger partial charge >= 0.3 is 18.1 Å². The van der Waals surface area contributed by atoms with Gasteiger partial charge in [-0.15, -0.1) is 0 Å². The molecule has 0 unspecified atom stereocenters. The van der Waals surface area contributed by atoms with Crippen molar-refractivity contribution < 1.29 is 42.1 Å². The minimum absolute atomic E-state index is 0.205. The summed E-state index contributed by atoms with van der Waals surface area (Å²) >= 11 is 0. The summed E-state index contributed by atoms with van der Waals surface area (Å²) in [5, 5.41) is 11.7. The molecule has 0 aliphatic heterocycles. The van der Waals surface area contributed by atoms with Crippen LogP contribution in [0.5, 0.6) is 11.5 Å². The summed E-state index contributed by atoms with van der Waals surface area (Å²) in [6.07, 6.45) is 0.671. The first-order valence-electron chi connectivity index (χ1n) is 13.3. The molecule has 41 heavy (non-hydrogen) atoms. The number of aliphatic carboxylic acids is 1. The van der Waals surface area contributed by atoms with Gasteiger partial charge in [0.25, 0.3) is 5.91 Å². The fourth-order valence-electron chi connectivity index (χ4n) is 4.04. The molecule has 0 aliphatic rings. The highest BCUT2D eigenvalue weighted by atomic mass is 19.4. The summed E-state index contributed by atoms with van der Waals surface area (Å²) in [5.74, 6) is -2.30. The first-order valence-corrected chi connectivity index (χ1v) is 13.3. The molecule has 3 aromatic carbocycles. The van der Waals surface area contributed by atoms with E-state index in [-0.39, 0.29) is 12.2 Å². The third-order valence-corrected chi connectivity index (χ3v) is 6.26. The molecule has 3 rings (SSSR count). The molecule has 1 atom stereocenters. The number of hydrogen-bond acceptors (Lipinski definition) is 5. The van der Waals surface area contributed by atoms with Crippen LogP contribution in [0, 0.1) is 0 Å². The van der Waals surface area contributed by atoms with E-state index in [1.54, 1.807) is 24.3 Å². The maximum atomic E-state index is 13.3. The summed E-state index contributed by atoms with van der Waals surface area (Å²) in [6, 6.07) is 15.2. The number of carboxylic acids is 1. The van der Waals surface area contributed by atoms with Crippen molar-refractivity contribution in [2.45, 2.75) is 57.7 Å². The van der Waals surface area contributed by atoms with Gasteiger partial charge in [-0.25, -0.2) is 9.59 Å². The molecule has 0 bridgehead atoms. The number of carboxylic acid groups (broad SMARTS) is 1.